The van der Waals surface area contributed by atoms with E-state index in [4.69, 9.17) is 4.89 Å². The first-order valence-corrected chi connectivity index (χ1v) is 5.45. The van der Waals surface area contributed by atoms with Gasteiger partial charge in [0.1, 0.15) is 0 Å². The summed E-state index contributed by atoms with van der Waals surface area (Å²) < 4.78 is 10.6. The lowest BCUT2D eigenvalue weighted by atomic mass is 10.2. The van der Waals surface area contributed by atoms with Crippen molar-refractivity contribution in [3.63, 3.8) is 0 Å². The van der Waals surface area contributed by atoms with Crippen molar-refractivity contribution in [1.29, 1.82) is 0 Å². The number of carbonyl (C=O) groups excluding carboxylic acids is 2. The largest absolute Gasteiger partial charge is 0.528 e. The first kappa shape index (κ1) is 12.9. The van der Waals surface area contributed by atoms with Gasteiger partial charge in [0, 0.05) is 12.4 Å². The van der Waals surface area contributed by atoms with E-state index in [9.17, 15) is 14.2 Å². The third-order valence-electron chi connectivity index (χ3n) is 2.03. The minimum Gasteiger partial charge on any atom is -0.268 e. The van der Waals surface area contributed by atoms with Crippen molar-refractivity contribution >= 4 is 36.8 Å². The van der Waals surface area contributed by atoms with Crippen LogP contribution in [-0.4, -0.2) is 32.9 Å². The van der Waals surface area contributed by atoms with Crippen LogP contribution in [0.3, 0.4) is 0 Å². The van der Waals surface area contributed by atoms with E-state index in [-0.39, 0.29) is 28.1 Å². The van der Waals surface area contributed by atoms with Gasteiger partial charge in [0.25, 0.3) is 18.1 Å². The molecule has 2 rings (SSSR count). The first-order valence-electron chi connectivity index (χ1n) is 4.05. The zero-order valence-corrected chi connectivity index (χ0v) is 10.5. The Balaban J connectivity index is 0.00000128. The maximum atomic E-state index is 11.6. The summed E-state index contributed by atoms with van der Waals surface area (Å²) in [6.07, 6.45) is 2.20. The van der Waals surface area contributed by atoms with Crippen molar-refractivity contribution in [2.75, 3.05) is 6.29 Å². The number of nitrogens with zero attached hydrogens (tertiary/aromatic N) is 2. The highest BCUT2D eigenvalue weighted by Gasteiger charge is 2.39. The molecule has 2 amide bonds. The first-order chi connectivity index (χ1) is 7.11. The van der Waals surface area contributed by atoms with Crippen LogP contribution in [0.2, 0.25) is 0 Å². The molecule has 0 bridgehead atoms. The summed E-state index contributed by atoms with van der Waals surface area (Å²) in [5.74, 6) is -1.12. The Morgan fingerprint density at radius 3 is 2.50 bits per heavy atom. The van der Waals surface area contributed by atoms with Crippen LogP contribution in [0.5, 0.6) is 0 Å². The summed E-state index contributed by atoms with van der Waals surface area (Å²) in [5, 5.41) is 0. The van der Waals surface area contributed by atoms with Gasteiger partial charge in [-0.25, -0.2) is 4.90 Å². The maximum Gasteiger partial charge on any atom is 0.528 e. The predicted octanol–water partition coefficient (Wildman–Crippen LogP) is 0.948. The molecule has 2 heterocycles. The van der Waals surface area contributed by atoms with Crippen LogP contribution in [0.1, 0.15) is 20.7 Å². The molecule has 0 aromatic carbocycles. The highest BCUT2D eigenvalue weighted by molar-refractivity contribution is 8.93. The molecule has 0 spiro atoms. The van der Waals surface area contributed by atoms with E-state index in [1.54, 1.807) is 0 Å². The second kappa shape index (κ2) is 4.78. The number of imide groups is 1. The van der Waals surface area contributed by atoms with Crippen LogP contribution in [-0.2, 0) is 4.57 Å². The molecule has 1 atom stereocenters. The number of halogens is 1. The molecule has 1 unspecified atom stereocenters. The number of carbonyl (C=O) groups is 2. The zero-order chi connectivity index (χ0) is 11.0. The van der Waals surface area contributed by atoms with Gasteiger partial charge in [0.05, 0.1) is 11.1 Å². The Morgan fingerprint density at radius 1 is 1.31 bits per heavy atom. The quantitative estimate of drug-likeness (QED) is 0.649. The lowest BCUT2D eigenvalue weighted by Gasteiger charge is -2.03. The molecule has 8 heteroatoms. The van der Waals surface area contributed by atoms with Gasteiger partial charge in [-0.1, -0.05) is 0 Å². The zero-order valence-electron chi connectivity index (χ0n) is 7.86. The van der Waals surface area contributed by atoms with Crippen LogP contribution < -0.4 is 0 Å². The van der Waals surface area contributed by atoms with Crippen molar-refractivity contribution in [1.82, 2.24) is 9.88 Å². The van der Waals surface area contributed by atoms with E-state index in [1.807, 2.05) is 0 Å². The molecule has 1 aliphatic heterocycles. The van der Waals surface area contributed by atoms with Gasteiger partial charge in [0.15, 0.2) is 0 Å². The Kier molecular flexibility index (Phi) is 3.85. The fourth-order valence-electron chi connectivity index (χ4n) is 1.38. The molecule has 84 valence electrons. The molecular formula is C8H7BrN2O4P+. The summed E-state index contributed by atoms with van der Waals surface area (Å²) in [6.45, 7) is 0. The molecule has 0 radical (unpaired) electrons. The third-order valence-corrected chi connectivity index (χ3v) is 2.56. The van der Waals surface area contributed by atoms with Gasteiger partial charge >= 0.3 is 8.03 Å². The van der Waals surface area contributed by atoms with Crippen LogP contribution in [0, 0.1) is 0 Å². The monoisotopic (exact) mass is 305 g/mol. The molecule has 1 N–H and O–H groups in total. The van der Waals surface area contributed by atoms with Gasteiger partial charge in [-0.3, -0.25) is 14.6 Å². The Morgan fingerprint density at radius 2 is 1.94 bits per heavy atom. The lowest BCUT2D eigenvalue weighted by molar-refractivity contribution is 0.0678. The number of pyridine rings is 1. The van der Waals surface area contributed by atoms with Gasteiger partial charge in [0.2, 0.25) is 0 Å². The van der Waals surface area contributed by atoms with Crippen molar-refractivity contribution in [2.24, 2.45) is 0 Å². The maximum absolute atomic E-state index is 11.6. The van der Waals surface area contributed by atoms with Gasteiger partial charge < -0.3 is 0 Å². The lowest BCUT2D eigenvalue weighted by Crippen LogP contribution is -2.29. The van der Waals surface area contributed by atoms with Crippen LogP contribution >= 0.6 is 25.0 Å². The van der Waals surface area contributed by atoms with Gasteiger partial charge in [-0.2, -0.15) is 4.89 Å². The van der Waals surface area contributed by atoms with E-state index in [2.05, 4.69) is 4.98 Å². The number of hydrogen-bond donors (Lipinski definition) is 1. The highest BCUT2D eigenvalue weighted by Crippen LogP contribution is 2.26. The Bertz CT molecular complexity index is 444. The minimum absolute atomic E-state index is 0. The van der Waals surface area contributed by atoms with Gasteiger partial charge in [-0.15, -0.1) is 17.0 Å². The van der Waals surface area contributed by atoms with Crippen LogP contribution in [0.25, 0.3) is 0 Å². The third kappa shape index (κ3) is 2.02. The summed E-state index contributed by atoms with van der Waals surface area (Å²) in [5.41, 5.74) is 0.409. The molecule has 0 fully saturated rings. The summed E-state index contributed by atoms with van der Waals surface area (Å²) in [7, 11) is -2.55. The molecule has 1 aromatic rings. The fourth-order valence-corrected chi connectivity index (χ4v) is 1.88. The van der Waals surface area contributed by atoms with Crippen LogP contribution in [0.15, 0.2) is 18.5 Å². The molecule has 0 saturated carbocycles. The highest BCUT2D eigenvalue weighted by atomic mass is 79.9. The minimum atomic E-state index is -2.55. The number of hydrogen-bond acceptors (Lipinski definition) is 4. The molecule has 0 aliphatic carbocycles. The molecular weight excluding hydrogens is 299 g/mol. The predicted molar refractivity (Wildman–Crippen MR) is 59.8 cm³/mol. The van der Waals surface area contributed by atoms with Crippen molar-refractivity contribution in [3.8, 4) is 0 Å². The van der Waals surface area contributed by atoms with Gasteiger partial charge in [-0.05, 0) is 10.6 Å². The van der Waals surface area contributed by atoms with E-state index in [0.717, 1.165) is 4.90 Å². The van der Waals surface area contributed by atoms with E-state index in [1.165, 1.54) is 18.5 Å². The number of fused-ring (bicyclic) bond motifs is 1. The molecule has 0 saturated heterocycles. The number of aromatic nitrogens is 1. The average molecular weight is 306 g/mol. The SMILES string of the molecule is Br.O=C1c2ccncc2C(=O)N1C[P+](=O)O. The fraction of sp³-hybridized carbons (Fsp3) is 0.125. The summed E-state index contributed by atoms with van der Waals surface area (Å²) in [6, 6.07) is 1.42. The van der Waals surface area contributed by atoms with Crippen molar-refractivity contribution in [2.45, 2.75) is 0 Å². The Labute approximate surface area is 102 Å². The van der Waals surface area contributed by atoms with Crippen molar-refractivity contribution in [3.05, 3.63) is 29.6 Å². The van der Waals surface area contributed by atoms with Crippen molar-refractivity contribution < 1.29 is 19.0 Å². The standard InChI is InChI=1S/C8H5N2O4P.BrH/c11-7-5-1-2-9-3-6(5)8(12)10(7)4-15(13)14;/h1-3H,4H2;1H/p+1. The summed E-state index contributed by atoms with van der Waals surface area (Å²) in [4.78, 5) is 36.3. The van der Waals surface area contributed by atoms with E-state index < -0.39 is 26.1 Å². The topological polar surface area (TPSA) is 87.6 Å². The number of rotatable bonds is 2. The normalized spacial score (nSPS) is 14.6. The second-order valence-corrected chi connectivity index (χ2v) is 3.94. The summed E-state index contributed by atoms with van der Waals surface area (Å²) >= 11 is 0. The molecule has 1 aliphatic rings. The molecule has 6 nitrogen and oxygen atoms in total. The molecule has 1 aromatic heterocycles. The second-order valence-electron chi connectivity index (χ2n) is 2.95. The van der Waals surface area contributed by atoms with E-state index in [0.29, 0.717) is 0 Å². The average Bonchev–Trinajstić information content (AvgIpc) is 2.44. The smallest absolute Gasteiger partial charge is 0.268 e. The Hall–Kier alpha value is -1.17. The van der Waals surface area contributed by atoms with E-state index >= 15 is 0 Å². The number of amides is 2. The van der Waals surface area contributed by atoms with Crippen LogP contribution in [0.4, 0.5) is 0 Å². The molecule has 16 heavy (non-hydrogen) atoms.